The van der Waals surface area contributed by atoms with E-state index in [-0.39, 0.29) is 36.0 Å². The molecule has 1 N–H and O–H groups in total. The number of nitrogens with zero attached hydrogens (tertiary/aromatic N) is 3. The molecule has 0 spiro atoms. The van der Waals surface area contributed by atoms with E-state index >= 15 is 0 Å². The number of benzene rings is 2. The molecule has 0 radical (unpaired) electrons. The fourth-order valence-electron chi connectivity index (χ4n) is 4.44. The Morgan fingerprint density at radius 3 is 2.15 bits per heavy atom. The van der Waals surface area contributed by atoms with Crippen LogP contribution < -0.4 is 9.21 Å². The van der Waals surface area contributed by atoms with Crippen molar-refractivity contribution < 1.29 is 35.1 Å². The van der Waals surface area contributed by atoms with Crippen LogP contribution in [-0.2, 0) is 25.6 Å². The number of para-hydroxylation sites is 1. The number of hydrogen-bond donors (Lipinski definition) is 1. The van der Waals surface area contributed by atoms with Crippen molar-refractivity contribution in [3.63, 3.8) is 0 Å². The fraction of sp³-hybridized carbons (Fsp3) is 0.360. The van der Waals surface area contributed by atoms with Crippen LogP contribution in [0.4, 0.5) is 24.5 Å². The molecule has 0 saturated carbocycles. The molecular weight excluding hydrogens is 575 g/mol. The third-order valence-electron chi connectivity index (χ3n) is 6.67. The molecule has 1 aliphatic heterocycles. The van der Waals surface area contributed by atoms with E-state index in [1.807, 2.05) is 0 Å². The van der Waals surface area contributed by atoms with Crippen molar-refractivity contribution in [1.29, 1.82) is 0 Å². The van der Waals surface area contributed by atoms with E-state index in [9.17, 15) is 35.1 Å². The lowest BCUT2D eigenvalue weighted by Crippen LogP contribution is -2.59. The molecule has 0 unspecified atom stereocenters. The van der Waals surface area contributed by atoms with Gasteiger partial charge < -0.3 is 10.0 Å². The quantitative estimate of drug-likeness (QED) is 0.420. The van der Waals surface area contributed by atoms with Crippen LogP contribution in [0, 0.1) is 0 Å². The van der Waals surface area contributed by atoms with Gasteiger partial charge in [0.2, 0.25) is 10.0 Å². The molecule has 1 aliphatic rings. The minimum absolute atomic E-state index is 0.0545. The summed E-state index contributed by atoms with van der Waals surface area (Å²) in [4.78, 5) is 1.79. The number of anilines is 2. The van der Waals surface area contributed by atoms with E-state index < -0.39 is 37.9 Å². The van der Waals surface area contributed by atoms with E-state index in [2.05, 4.69) is 0 Å². The summed E-state index contributed by atoms with van der Waals surface area (Å²) in [6.07, 6.45) is -3.83. The maximum absolute atomic E-state index is 13.3. The second-order valence-electron chi connectivity index (χ2n) is 9.39. The largest absolute Gasteiger partial charge is 0.421 e. The number of thiophene rings is 1. The van der Waals surface area contributed by atoms with Crippen molar-refractivity contribution >= 4 is 42.8 Å². The highest BCUT2D eigenvalue weighted by molar-refractivity contribution is 7.92. The summed E-state index contributed by atoms with van der Waals surface area (Å²) < 4.78 is 94.9. The van der Waals surface area contributed by atoms with Crippen LogP contribution in [0.2, 0.25) is 0 Å². The Morgan fingerprint density at radius 2 is 1.62 bits per heavy atom. The molecule has 2 atom stereocenters. The zero-order chi connectivity index (χ0) is 28.6. The normalized spacial score (nSPS) is 19.0. The number of hydrogen-bond acceptors (Lipinski definition) is 7. The van der Waals surface area contributed by atoms with Gasteiger partial charge in [-0.15, -0.1) is 11.3 Å². The maximum Gasteiger partial charge on any atom is 0.421 e. The van der Waals surface area contributed by atoms with Crippen LogP contribution in [0.5, 0.6) is 0 Å². The van der Waals surface area contributed by atoms with Gasteiger partial charge in [0.15, 0.2) is 5.60 Å². The molecule has 1 saturated heterocycles. The second-order valence-corrected chi connectivity index (χ2v) is 14.4. The summed E-state index contributed by atoms with van der Waals surface area (Å²) in [7, 11) is -7.62. The van der Waals surface area contributed by atoms with Crippen molar-refractivity contribution in [3.05, 3.63) is 77.7 Å². The van der Waals surface area contributed by atoms with Gasteiger partial charge in [0.1, 0.15) is 4.21 Å². The number of piperazine rings is 1. The van der Waals surface area contributed by atoms with Gasteiger partial charge in [-0.1, -0.05) is 36.4 Å². The first-order chi connectivity index (χ1) is 18.1. The van der Waals surface area contributed by atoms with Crippen LogP contribution in [0.25, 0.3) is 0 Å². The molecule has 2 aromatic carbocycles. The SMILES string of the molecule is C[C@@](O)(c1ccc(N2CCN(S(=O)(=O)c3cccs3)C[C@@H]2CN(c2ccccc2)S(C)(=O)=O)cc1)C(F)(F)F. The Hall–Kier alpha value is -2.65. The number of halogens is 3. The van der Waals surface area contributed by atoms with Crippen LogP contribution in [0.3, 0.4) is 0 Å². The summed E-state index contributed by atoms with van der Waals surface area (Å²) in [5, 5.41) is 11.7. The van der Waals surface area contributed by atoms with E-state index in [1.54, 1.807) is 46.7 Å². The second kappa shape index (κ2) is 10.7. The monoisotopic (exact) mass is 603 g/mol. The minimum Gasteiger partial charge on any atom is -0.376 e. The van der Waals surface area contributed by atoms with Crippen molar-refractivity contribution in [2.45, 2.75) is 29.0 Å². The molecule has 0 aliphatic carbocycles. The van der Waals surface area contributed by atoms with Crippen LogP contribution >= 0.6 is 11.3 Å². The Balaban J connectivity index is 1.71. The first-order valence-electron chi connectivity index (χ1n) is 11.8. The highest BCUT2D eigenvalue weighted by Crippen LogP contribution is 2.39. The smallest absolute Gasteiger partial charge is 0.376 e. The number of rotatable bonds is 8. The van der Waals surface area contributed by atoms with Crippen LogP contribution in [0.1, 0.15) is 12.5 Å². The Bertz CT molecular complexity index is 1480. The van der Waals surface area contributed by atoms with Gasteiger partial charge in [-0.2, -0.15) is 17.5 Å². The molecule has 14 heteroatoms. The molecule has 1 aromatic heterocycles. The van der Waals surface area contributed by atoms with Gasteiger partial charge in [0.05, 0.1) is 24.5 Å². The Morgan fingerprint density at radius 1 is 0.974 bits per heavy atom. The first kappa shape index (κ1) is 29.3. The summed E-state index contributed by atoms with van der Waals surface area (Å²) in [6, 6.07) is 16.0. The number of alkyl halides is 3. The third kappa shape index (κ3) is 6.09. The third-order valence-corrected chi connectivity index (χ3v) is 11.1. The van der Waals surface area contributed by atoms with E-state index in [0.717, 1.165) is 17.6 Å². The predicted molar refractivity (Wildman–Crippen MR) is 145 cm³/mol. The predicted octanol–water partition coefficient (Wildman–Crippen LogP) is 3.86. The minimum atomic E-state index is -4.88. The molecule has 0 bridgehead atoms. The lowest BCUT2D eigenvalue weighted by molar-refractivity contribution is -0.258. The summed E-state index contributed by atoms with van der Waals surface area (Å²) in [5.41, 5.74) is -2.54. The summed E-state index contributed by atoms with van der Waals surface area (Å²) in [5.74, 6) is 0. The van der Waals surface area contributed by atoms with E-state index in [4.69, 9.17) is 0 Å². The standard InChI is InChI=1S/C25H28F3N3O5S3/c1-24(32,25(26,27)28)19-10-12-20(13-11-19)30-15-14-29(39(35,36)23-9-6-16-37-23)17-22(30)18-31(38(2,33)34)21-7-4-3-5-8-21/h3-13,16,22,32H,14-15,17-18H2,1-2H3/t22-,24-/m1/s1. The van der Waals surface area contributed by atoms with Crippen molar-refractivity contribution in [2.75, 3.05) is 41.6 Å². The highest BCUT2D eigenvalue weighted by Gasteiger charge is 2.51. The first-order valence-corrected chi connectivity index (χ1v) is 16.0. The molecule has 1 fully saturated rings. The van der Waals surface area contributed by atoms with Crippen LogP contribution in [-0.4, -0.2) is 70.9 Å². The number of sulfonamides is 2. The lowest BCUT2D eigenvalue weighted by Gasteiger charge is -2.43. The van der Waals surface area contributed by atoms with Gasteiger partial charge in [-0.05, 0) is 48.2 Å². The lowest BCUT2D eigenvalue weighted by atomic mass is 9.95. The summed E-state index contributed by atoms with van der Waals surface area (Å²) >= 11 is 1.08. The highest BCUT2D eigenvalue weighted by atomic mass is 32.2. The fourth-order valence-corrected chi connectivity index (χ4v) is 8.00. The van der Waals surface area contributed by atoms with Crippen molar-refractivity contribution in [2.24, 2.45) is 0 Å². The van der Waals surface area contributed by atoms with Crippen LogP contribution in [0.15, 0.2) is 76.3 Å². The Kier molecular flexibility index (Phi) is 8.07. The van der Waals surface area contributed by atoms with Crippen molar-refractivity contribution in [3.8, 4) is 0 Å². The molecule has 0 amide bonds. The van der Waals surface area contributed by atoms with Gasteiger partial charge in [0.25, 0.3) is 10.0 Å². The van der Waals surface area contributed by atoms with Gasteiger partial charge in [-0.3, -0.25) is 4.31 Å². The summed E-state index contributed by atoms with van der Waals surface area (Å²) in [6.45, 7) is 0.755. The molecule has 212 valence electrons. The van der Waals surface area contributed by atoms with Crippen molar-refractivity contribution in [1.82, 2.24) is 4.31 Å². The molecular formula is C25H28F3N3O5S3. The molecule has 39 heavy (non-hydrogen) atoms. The zero-order valence-electron chi connectivity index (χ0n) is 21.1. The van der Waals surface area contributed by atoms with Gasteiger partial charge in [0, 0.05) is 25.3 Å². The molecule has 8 nitrogen and oxygen atoms in total. The molecule has 2 heterocycles. The average Bonchev–Trinajstić information content (AvgIpc) is 3.42. The molecule has 3 aromatic rings. The Labute approximate surface area is 230 Å². The van der Waals surface area contributed by atoms with E-state index in [0.29, 0.717) is 18.3 Å². The van der Waals surface area contributed by atoms with E-state index in [1.165, 1.54) is 38.9 Å². The van der Waals surface area contributed by atoms with Gasteiger partial charge in [-0.25, -0.2) is 16.8 Å². The van der Waals surface area contributed by atoms with Gasteiger partial charge >= 0.3 is 6.18 Å². The zero-order valence-corrected chi connectivity index (χ0v) is 23.6. The average molecular weight is 604 g/mol. The maximum atomic E-state index is 13.3. The molecule has 4 rings (SSSR count). The topological polar surface area (TPSA) is 98.2 Å². The number of aliphatic hydroxyl groups is 1.